The van der Waals surface area contributed by atoms with Crippen LogP contribution in [0, 0.1) is 0 Å². The molecule has 3 nitrogen and oxygen atoms in total. The van der Waals surface area contributed by atoms with Crippen LogP contribution in [0.3, 0.4) is 0 Å². The molecular formula is C17H27N3. The van der Waals surface area contributed by atoms with Gasteiger partial charge in [-0.2, -0.15) is 0 Å². The molecule has 1 aromatic heterocycles. The minimum atomic E-state index is 0.963. The molecule has 0 bridgehead atoms. The predicted molar refractivity (Wildman–Crippen MR) is 87.1 cm³/mol. The van der Waals surface area contributed by atoms with Crippen LogP contribution < -0.4 is 5.32 Å². The molecule has 3 heteroatoms. The Bertz CT molecular complexity index is 528. The summed E-state index contributed by atoms with van der Waals surface area (Å²) >= 11 is 0. The van der Waals surface area contributed by atoms with Gasteiger partial charge in [0.05, 0.1) is 0 Å². The van der Waals surface area contributed by atoms with Crippen LogP contribution in [0.25, 0.3) is 10.9 Å². The monoisotopic (exact) mass is 273 g/mol. The molecule has 1 N–H and O–H groups in total. The minimum Gasteiger partial charge on any atom is -0.347 e. The second-order valence-corrected chi connectivity index (χ2v) is 5.70. The highest BCUT2D eigenvalue weighted by atomic mass is 15.1. The lowest BCUT2D eigenvalue weighted by Crippen LogP contribution is -2.20. The van der Waals surface area contributed by atoms with Crippen molar-refractivity contribution < 1.29 is 0 Å². The Balaban J connectivity index is 1.99. The van der Waals surface area contributed by atoms with Crippen LogP contribution in [-0.2, 0) is 13.1 Å². The SMILES string of the molecule is CCCn1cc(CNCCCN(C)C)c2ccccc21. The Kier molecular flexibility index (Phi) is 5.62. The number of nitrogens with one attached hydrogen (secondary N) is 1. The molecule has 0 aliphatic rings. The van der Waals surface area contributed by atoms with Crippen molar-refractivity contribution in [2.24, 2.45) is 0 Å². The van der Waals surface area contributed by atoms with Crippen LogP contribution in [0.1, 0.15) is 25.3 Å². The van der Waals surface area contributed by atoms with Crippen LogP contribution in [0.15, 0.2) is 30.5 Å². The fraction of sp³-hybridized carbons (Fsp3) is 0.529. The van der Waals surface area contributed by atoms with Crippen molar-refractivity contribution in [3.05, 3.63) is 36.0 Å². The average Bonchev–Trinajstić information content (AvgIpc) is 2.77. The van der Waals surface area contributed by atoms with E-state index in [2.05, 4.69) is 66.3 Å². The number of rotatable bonds is 8. The first-order chi connectivity index (χ1) is 9.72. The summed E-state index contributed by atoms with van der Waals surface area (Å²) in [6.07, 6.45) is 4.68. The fourth-order valence-corrected chi connectivity index (χ4v) is 2.63. The predicted octanol–water partition coefficient (Wildman–Crippen LogP) is 3.09. The maximum absolute atomic E-state index is 3.56. The standard InChI is InChI=1S/C17H27N3/c1-4-11-20-14-15(13-18-10-7-12-19(2)3)16-8-5-6-9-17(16)20/h5-6,8-9,14,18H,4,7,10-13H2,1-3H3. The fourth-order valence-electron chi connectivity index (χ4n) is 2.63. The number of hydrogen-bond acceptors (Lipinski definition) is 2. The summed E-state index contributed by atoms with van der Waals surface area (Å²) in [6.45, 7) is 6.51. The zero-order chi connectivity index (χ0) is 14.4. The number of aromatic nitrogens is 1. The van der Waals surface area contributed by atoms with Crippen LogP contribution in [-0.4, -0.2) is 36.7 Å². The minimum absolute atomic E-state index is 0.963. The maximum atomic E-state index is 3.56. The third-order valence-corrected chi connectivity index (χ3v) is 3.61. The van der Waals surface area contributed by atoms with Crippen molar-refractivity contribution in [2.45, 2.75) is 32.9 Å². The van der Waals surface area contributed by atoms with E-state index in [0.29, 0.717) is 0 Å². The second-order valence-electron chi connectivity index (χ2n) is 5.70. The summed E-state index contributed by atoms with van der Waals surface area (Å²) in [5, 5.41) is 4.95. The van der Waals surface area contributed by atoms with Crippen LogP contribution in [0.2, 0.25) is 0 Å². The van der Waals surface area contributed by atoms with Gasteiger partial charge in [-0.25, -0.2) is 0 Å². The van der Waals surface area contributed by atoms with Gasteiger partial charge >= 0.3 is 0 Å². The number of fused-ring (bicyclic) bond motifs is 1. The molecule has 1 heterocycles. The lowest BCUT2D eigenvalue weighted by Gasteiger charge is -2.09. The summed E-state index contributed by atoms with van der Waals surface area (Å²) in [6, 6.07) is 8.72. The highest BCUT2D eigenvalue weighted by molar-refractivity contribution is 5.83. The summed E-state index contributed by atoms with van der Waals surface area (Å²) in [4.78, 5) is 2.23. The average molecular weight is 273 g/mol. The molecule has 0 radical (unpaired) electrons. The van der Waals surface area contributed by atoms with E-state index in [1.54, 1.807) is 0 Å². The van der Waals surface area contributed by atoms with Crippen molar-refractivity contribution in [1.82, 2.24) is 14.8 Å². The van der Waals surface area contributed by atoms with Gasteiger partial charge in [0.25, 0.3) is 0 Å². The van der Waals surface area contributed by atoms with Gasteiger partial charge < -0.3 is 14.8 Å². The molecule has 2 rings (SSSR count). The van der Waals surface area contributed by atoms with Gasteiger partial charge in [0.2, 0.25) is 0 Å². The Morgan fingerprint density at radius 1 is 1.20 bits per heavy atom. The molecule has 0 saturated carbocycles. The van der Waals surface area contributed by atoms with Crippen molar-refractivity contribution in [1.29, 1.82) is 0 Å². The second kappa shape index (κ2) is 7.46. The van der Waals surface area contributed by atoms with Gasteiger partial charge in [-0.3, -0.25) is 0 Å². The van der Waals surface area contributed by atoms with E-state index in [-0.39, 0.29) is 0 Å². The lowest BCUT2D eigenvalue weighted by atomic mass is 10.2. The normalized spacial score (nSPS) is 11.6. The van der Waals surface area contributed by atoms with Crippen LogP contribution in [0.4, 0.5) is 0 Å². The topological polar surface area (TPSA) is 20.2 Å². The smallest absolute Gasteiger partial charge is 0.0483 e. The first-order valence-corrected chi connectivity index (χ1v) is 7.64. The molecule has 0 amide bonds. The van der Waals surface area contributed by atoms with Gasteiger partial charge in [0, 0.05) is 30.2 Å². The highest BCUT2D eigenvalue weighted by Gasteiger charge is 2.06. The summed E-state index contributed by atoms with van der Waals surface area (Å²) < 4.78 is 2.38. The van der Waals surface area contributed by atoms with Crippen LogP contribution >= 0.6 is 0 Å². The first-order valence-electron chi connectivity index (χ1n) is 7.64. The molecule has 0 saturated heterocycles. The summed E-state index contributed by atoms with van der Waals surface area (Å²) in [7, 11) is 4.25. The highest BCUT2D eigenvalue weighted by Crippen LogP contribution is 2.21. The number of para-hydroxylation sites is 1. The number of nitrogens with zero attached hydrogens (tertiary/aromatic N) is 2. The van der Waals surface area contributed by atoms with Crippen LogP contribution in [0.5, 0.6) is 0 Å². The van der Waals surface area contributed by atoms with E-state index in [1.807, 2.05) is 0 Å². The molecule has 2 aromatic rings. The lowest BCUT2D eigenvalue weighted by molar-refractivity contribution is 0.394. The van der Waals surface area contributed by atoms with E-state index in [1.165, 1.54) is 29.3 Å². The van der Waals surface area contributed by atoms with E-state index in [0.717, 1.165) is 26.2 Å². The number of benzene rings is 1. The van der Waals surface area contributed by atoms with Crippen molar-refractivity contribution in [3.8, 4) is 0 Å². The Hall–Kier alpha value is -1.32. The van der Waals surface area contributed by atoms with E-state index in [9.17, 15) is 0 Å². The van der Waals surface area contributed by atoms with Gasteiger partial charge in [-0.05, 0) is 51.7 Å². The van der Waals surface area contributed by atoms with Gasteiger partial charge in [0.15, 0.2) is 0 Å². The third kappa shape index (κ3) is 3.84. The van der Waals surface area contributed by atoms with Crippen molar-refractivity contribution in [2.75, 3.05) is 27.2 Å². The summed E-state index contributed by atoms with van der Waals surface area (Å²) in [5.41, 5.74) is 2.78. The number of aryl methyl sites for hydroxylation is 1. The molecule has 0 unspecified atom stereocenters. The molecule has 0 atom stereocenters. The quantitative estimate of drug-likeness (QED) is 0.746. The van der Waals surface area contributed by atoms with Gasteiger partial charge in [0.1, 0.15) is 0 Å². The molecule has 0 spiro atoms. The van der Waals surface area contributed by atoms with Crippen molar-refractivity contribution >= 4 is 10.9 Å². The Morgan fingerprint density at radius 2 is 2.00 bits per heavy atom. The number of hydrogen-bond donors (Lipinski definition) is 1. The molecule has 0 aliphatic heterocycles. The van der Waals surface area contributed by atoms with Gasteiger partial charge in [-0.15, -0.1) is 0 Å². The van der Waals surface area contributed by atoms with Gasteiger partial charge in [-0.1, -0.05) is 25.1 Å². The molecule has 0 fully saturated rings. The maximum Gasteiger partial charge on any atom is 0.0483 e. The molecule has 110 valence electrons. The molecule has 0 aliphatic carbocycles. The Morgan fingerprint density at radius 3 is 2.75 bits per heavy atom. The zero-order valence-corrected chi connectivity index (χ0v) is 13.0. The molecule has 1 aromatic carbocycles. The van der Waals surface area contributed by atoms with E-state index < -0.39 is 0 Å². The third-order valence-electron chi connectivity index (χ3n) is 3.61. The van der Waals surface area contributed by atoms with E-state index in [4.69, 9.17) is 0 Å². The Labute approximate surface area is 122 Å². The molecular weight excluding hydrogens is 246 g/mol. The largest absolute Gasteiger partial charge is 0.347 e. The van der Waals surface area contributed by atoms with Crippen molar-refractivity contribution in [3.63, 3.8) is 0 Å². The summed E-state index contributed by atoms with van der Waals surface area (Å²) in [5.74, 6) is 0. The zero-order valence-electron chi connectivity index (χ0n) is 13.0. The van der Waals surface area contributed by atoms with E-state index >= 15 is 0 Å². The first kappa shape index (κ1) is 15.1. The molecule has 20 heavy (non-hydrogen) atoms.